The minimum absolute atomic E-state index is 0.0577. The summed E-state index contributed by atoms with van der Waals surface area (Å²) in [7, 11) is 0. The third-order valence-corrected chi connectivity index (χ3v) is 2.15. The van der Waals surface area contributed by atoms with Crippen molar-refractivity contribution in [1.29, 1.82) is 0 Å². The monoisotopic (exact) mass is 307 g/mol. The predicted molar refractivity (Wildman–Crippen MR) is 50.9 cm³/mol. The molecule has 106 valence electrons. The van der Waals surface area contributed by atoms with Crippen molar-refractivity contribution in [2.24, 2.45) is 0 Å². The Morgan fingerprint density at radius 3 is 2.21 bits per heavy atom. The summed E-state index contributed by atoms with van der Waals surface area (Å²) < 4.78 is 76.8. The molecule has 0 bridgehead atoms. The van der Waals surface area contributed by atoms with E-state index < -0.39 is 41.1 Å². The highest BCUT2D eigenvalue weighted by Gasteiger charge is 2.39. The number of hydrogen-bond donors (Lipinski definition) is 0. The average Bonchev–Trinajstić information content (AvgIpc) is 2.24. The lowest BCUT2D eigenvalue weighted by Crippen LogP contribution is -2.21. The zero-order valence-electron chi connectivity index (χ0n) is 8.77. The van der Waals surface area contributed by atoms with E-state index in [4.69, 9.17) is 11.6 Å². The molecule has 0 fully saturated rings. The molecule has 19 heavy (non-hydrogen) atoms. The first kappa shape index (κ1) is 15.5. The molecule has 0 aliphatic rings. The van der Waals surface area contributed by atoms with Crippen LogP contribution in [0.5, 0.6) is 5.88 Å². The van der Waals surface area contributed by atoms with Crippen LogP contribution < -0.4 is 4.74 Å². The fourth-order valence-electron chi connectivity index (χ4n) is 1.22. The first-order chi connectivity index (χ1) is 8.58. The molecule has 0 aliphatic carbocycles. The number of alkyl halides is 7. The summed E-state index contributed by atoms with van der Waals surface area (Å²) in [5.74, 6) is -2.11. The lowest BCUT2D eigenvalue weighted by Gasteiger charge is -2.15. The summed E-state index contributed by atoms with van der Waals surface area (Å²) in [6, 6.07) is 0.438. The normalized spacial score (nSPS) is 12.4. The number of carbonyl (C=O) groups is 1. The Hall–Kier alpha value is -1.51. The van der Waals surface area contributed by atoms with Gasteiger partial charge in [-0.3, -0.25) is 4.79 Å². The number of nitrogens with zero attached hydrogens (tertiary/aromatic N) is 1. The molecule has 3 nitrogen and oxygen atoms in total. The van der Waals surface area contributed by atoms with Crippen molar-refractivity contribution in [1.82, 2.24) is 4.98 Å². The molecule has 0 aromatic carbocycles. The second-order valence-corrected chi connectivity index (χ2v) is 3.44. The van der Waals surface area contributed by atoms with Crippen LogP contribution >= 0.6 is 11.6 Å². The SMILES string of the molecule is O=Cc1cc(OC(F)(F)F)nc(C(F)(F)F)c1CCl. The van der Waals surface area contributed by atoms with Crippen molar-refractivity contribution in [3.05, 3.63) is 22.9 Å². The molecular weight excluding hydrogens is 304 g/mol. The van der Waals surface area contributed by atoms with Crippen LogP contribution in [0.2, 0.25) is 0 Å². The van der Waals surface area contributed by atoms with Gasteiger partial charge in [-0.2, -0.15) is 13.2 Å². The predicted octanol–water partition coefficient (Wildman–Crippen LogP) is 3.55. The van der Waals surface area contributed by atoms with Gasteiger partial charge in [0.15, 0.2) is 12.0 Å². The Kier molecular flexibility index (Phi) is 4.28. The van der Waals surface area contributed by atoms with Crippen molar-refractivity contribution in [3.63, 3.8) is 0 Å². The van der Waals surface area contributed by atoms with Gasteiger partial charge in [0, 0.05) is 17.2 Å². The van der Waals surface area contributed by atoms with Crippen molar-refractivity contribution in [3.8, 4) is 5.88 Å². The highest BCUT2D eigenvalue weighted by atomic mass is 35.5. The van der Waals surface area contributed by atoms with Crippen LogP contribution in [-0.4, -0.2) is 17.6 Å². The van der Waals surface area contributed by atoms with E-state index in [1.165, 1.54) is 0 Å². The Labute approximate surface area is 107 Å². The van der Waals surface area contributed by atoms with E-state index in [0.717, 1.165) is 0 Å². The molecule has 0 N–H and O–H groups in total. The number of aromatic nitrogens is 1. The third-order valence-electron chi connectivity index (χ3n) is 1.88. The van der Waals surface area contributed by atoms with E-state index in [1.54, 1.807) is 0 Å². The molecule has 0 spiro atoms. The summed E-state index contributed by atoms with van der Waals surface area (Å²) in [6.07, 6.45) is -10.3. The van der Waals surface area contributed by atoms with Crippen LogP contribution in [0.25, 0.3) is 0 Å². The Morgan fingerprint density at radius 2 is 1.84 bits per heavy atom. The van der Waals surface area contributed by atoms with Crippen molar-refractivity contribution in [2.45, 2.75) is 18.4 Å². The Balaban J connectivity index is 3.43. The topological polar surface area (TPSA) is 39.2 Å². The fourth-order valence-corrected chi connectivity index (χ4v) is 1.50. The van der Waals surface area contributed by atoms with E-state index in [9.17, 15) is 31.1 Å². The molecule has 0 radical (unpaired) electrons. The lowest BCUT2D eigenvalue weighted by molar-refractivity contribution is -0.276. The number of pyridine rings is 1. The van der Waals surface area contributed by atoms with E-state index in [0.29, 0.717) is 6.07 Å². The van der Waals surface area contributed by atoms with E-state index in [2.05, 4.69) is 9.72 Å². The van der Waals surface area contributed by atoms with Gasteiger partial charge in [-0.15, -0.1) is 24.8 Å². The zero-order valence-corrected chi connectivity index (χ0v) is 9.53. The maximum atomic E-state index is 12.6. The summed E-state index contributed by atoms with van der Waals surface area (Å²) in [6.45, 7) is 0. The van der Waals surface area contributed by atoms with E-state index in [-0.39, 0.29) is 6.29 Å². The standard InChI is InChI=1S/C9H4ClF6NO2/c10-2-5-4(3-18)1-6(19-9(14,15)16)17-7(5)8(11,12)13/h1,3H,2H2. The second-order valence-electron chi connectivity index (χ2n) is 3.17. The number of aldehydes is 1. The smallest absolute Gasteiger partial charge is 0.388 e. The number of hydrogen-bond acceptors (Lipinski definition) is 3. The fraction of sp³-hybridized carbons (Fsp3) is 0.333. The summed E-state index contributed by atoms with van der Waals surface area (Å²) in [5.41, 5.74) is -3.07. The Bertz CT molecular complexity index is 485. The molecule has 0 amide bonds. The molecule has 1 aromatic rings. The molecule has 10 heteroatoms. The van der Waals surface area contributed by atoms with Crippen LogP contribution in [0.4, 0.5) is 26.3 Å². The minimum Gasteiger partial charge on any atom is -0.388 e. The van der Waals surface area contributed by atoms with Crippen LogP contribution in [0, 0.1) is 0 Å². The summed E-state index contributed by atoms with van der Waals surface area (Å²) >= 11 is 5.25. The highest BCUT2D eigenvalue weighted by molar-refractivity contribution is 6.17. The van der Waals surface area contributed by atoms with Crippen molar-refractivity contribution in [2.75, 3.05) is 0 Å². The van der Waals surface area contributed by atoms with Gasteiger partial charge in [0.05, 0.1) is 5.88 Å². The molecule has 0 saturated heterocycles. The maximum absolute atomic E-state index is 12.6. The van der Waals surface area contributed by atoms with E-state index >= 15 is 0 Å². The first-order valence-electron chi connectivity index (χ1n) is 4.46. The number of ether oxygens (including phenoxy) is 1. The van der Waals surface area contributed by atoms with Crippen molar-refractivity contribution >= 4 is 17.9 Å². The van der Waals surface area contributed by atoms with Gasteiger partial charge in [-0.25, -0.2) is 4.98 Å². The van der Waals surface area contributed by atoms with Gasteiger partial charge >= 0.3 is 12.5 Å². The molecule has 0 aliphatic heterocycles. The summed E-state index contributed by atoms with van der Waals surface area (Å²) in [5, 5.41) is 0. The van der Waals surface area contributed by atoms with Crippen LogP contribution in [-0.2, 0) is 12.1 Å². The molecule has 0 atom stereocenters. The molecular formula is C9H4ClF6NO2. The average molecular weight is 308 g/mol. The number of carbonyl (C=O) groups excluding carboxylic acids is 1. The Morgan fingerprint density at radius 1 is 1.26 bits per heavy atom. The van der Waals surface area contributed by atoms with Gasteiger partial charge in [0.2, 0.25) is 5.88 Å². The molecule has 1 heterocycles. The van der Waals surface area contributed by atoms with Gasteiger partial charge in [0.1, 0.15) is 0 Å². The second kappa shape index (κ2) is 5.24. The van der Waals surface area contributed by atoms with Gasteiger partial charge in [-0.05, 0) is 0 Å². The number of halogens is 7. The molecule has 0 saturated carbocycles. The highest BCUT2D eigenvalue weighted by Crippen LogP contribution is 2.35. The van der Waals surface area contributed by atoms with E-state index in [1.807, 2.05) is 0 Å². The van der Waals surface area contributed by atoms with Crippen LogP contribution in [0.15, 0.2) is 6.07 Å². The quantitative estimate of drug-likeness (QED) is 0.487. The maximum Gasteiger partial charge on any atom is 0.574 e. The molecule has 1 rings (SSSR count). The lowest BCUT2D eigenvalue weighted by atomic mass is 10.1. The largest absolute Gasteiger partial charge is 0.574 e. The van der Waals surface area contributed by atoms with Gasteiger partial charge in [-0.1, -0.05) is 0 Å². The number of rotatable bonds is 3. The molecule has 0 unspecified atom stereocenters. The summed E-state index contributed by atoms with van der Waals surface area (Å²) in [4.78, 5) is 13.3. The third kappa shape index (κ3) is 3.98. The van der Waals surface area contributed by atoms with Crippen LogP contribution in [0.1, 0.15) is 21.6 Å². The van der Waals surface area contributed by atoms with Gasteiger partial charge in [0.25, 0.3) is 0 Å². The van der Waals surface area contributed by atoms with Crippen LogP contribution in [0.3, 0.4) is 0 Å². The van der Waals surface area contributed by atoms with Crippen molar-refractivity contribution < 1.29 is 35.9 Å². The van der Waals surface area contributed by atoms with Gasteiger partial charge < -0.3 is 4.74 Å². The minimum atomic E-state index is -5.22. The first-order valence-corrected chi connectivity index (χ1v) is 5.00. The molecule has 1 aromatic heterocycles. The zero-order chi connectivity index (χ0) is 14.8.